The Morgan fingerprint density at radius 1 is 0.981 bits per heavy atom. The van der Waals surface area contributed by atoms with Crippen molar-refractivity contribution in [2.45, 2.75) is 43.1 Å². The van der Waals surface area contributed by atoms with Gasteiger partial charge in [-0.3, -0.25) is 14.5 Å². The quantitative estimate of drug-likeness (QED) is 0.0509. The van der Waals surface area contributed by atoms with E-state index in [9.17, 15) is 28.3 Å². The zero-order valence-corrected chi connectivity index (χ0v) is 30.4. The number of hydroxylamine groups is 1. The molecular weight excluding hydrogens is 735 g/mol. The number of aromatic nitrogens is 2. The molecule has 4 N–H and O–H groups in total. The van der Waals surface area contributed by atoms with E-state index in [0.29, 0.717) is 16.5 Å². The number of aliphatic carboxylic acids is 1. The summed E-state index contributed by atoms with van der Waals surface area (Å²) >= 11 is 2.48. The number of alkyl halides is 2. The van der Waals surface area contributed by atoms with Gasteiger partial charge in [0.05, 0.1) is 5.69 Å². The molecule has 5 aromatic rings. The van der Waals surface area contributed by atoms with Gasteiger partial charge >= 0.3 is 12.6 Å². The minimum Gasteiger partial charge on any atom is -0.477 e. The van der Waals surface area contributed by atoms with Gasteiger partial charge in [-0.1, -0.05) is 91.0 Å². The molecule has 2 unspecified atom stereocenters. The normalized spacial score (nSPS) is 17.5. The van der Waals surface area contributed by atoms with Crippen LogP contribution in [0.15, 0.2) is 132 Å². The number of nitrogens with zero attached hydrogens (tertiary/aromatic N) is 3. The van der Waals surface area contributed by atoms with Gasteiger partial charge in [-0.15, -0.1) is 23.1 Å². The molecule has 11 nitrogen and oxygen atoms in total. The number of benzene rings is 3. The number of anilines is 1. The number of amides is 2. The van der Waals surface area contributed by atoms with Crippen molar-refractivity contribution in [2.24, 2.45) is 0 Å². The zero-order chi connectivity index (χ0) is 37.8. The number of carboxylic acids is 1. The molecule has 15 heteroatoms. The lowest BCUT2D eigenvalue weighted by Gasteiger charge is -2.49. The van der Waals surface area contributed by atoms with Crippen LogP contribution < -0.4 is 20.7 Å². The SMILES string of the molecule is Cc1ccc[n+](CC2=C(C(=O)O)N3C(=O)C(NC(=O)C(NOC(F)F)c4csc(NC(c5ccccc5)(c5ccccc5)c5ccccc5)n4)[C@@H]3SC2)c1. The Morgan fingerprint density at radius 2 is 1.59 bits per heavy atom. The Hall–Kier alpha value is -5.48. The minimum absolute atomic E-state index is 0.0623. The molecule has 54 heavy (non-hydrogen) atoms. The number of aryl methyl sites for hydroxylation is 1. The predicted molar refractivity (Wildman–Crippen MR) is 199 cm³/mol. The van der Waals surface area contributed by atoms with Gasteiger partial charge in [0.15, 0.2) is 30.1 Å². The van der Waals surface area contributed by atoms with Gasteiger partial charge in [-0.2, -0.15) is 14.3 Å². The van der Waals surface area contributed by atoms with Crippen molar-refractivity contribution in [3.05, 3.63) is 160 Å². The third kappa shape index (κ3) is 7.35. The van der Waals surface area contributed by atoms with Crippen molar-refractivity contribution in [3.63, 3.8) is 0 Å². The summed E-state index contributed by atoms with van der Waals surface area (Å²) in [7, 11) is 0. The number of carbonyl (C=O) groups excluding carboxylic acids is 2. The van der Waals surface area contributed by atoms with Gasteiger partial charge in [-0.25, -0.2) is 19.2 Å². The van der Waals surface area contributed by atoms with E-state index >= 15 is 0 Å². The van der Waals surface area contributed by atoms with Crippen LogP contribution in [0.3, 0.4) is 0 Å². The fourth-order valence-corrected chi connectivity index (χ4v) is 8.92. The van der Waals surface area contributed by atoms with Crippen LogP contribution in [0.5, 0.6) is 0 Å². The van der Waals surface area contributed by atoms with Crippen molar-refractivity contribution in [1.29, 1.82) is 0 Å². The number of hydrogen-bond acceptors (Lipinski definition) is 9. The number of halogens is 2. The van der Waals surface area contributed by atoms with E-state index < -0.39 is 47.4 Å². The van der Waals surface area contributed by atoms with Gasteiger partial charge in [0, 0.05) is 28.3 Å². The van der Waals surface area contributed by atoms with Crippen molar-refractivity contribution in [1.82, 2.24) is 20.7 Å². The average Bonchev–Trinajstić information content (AvgIpc) is 3.64. The maximum Gasteiger partial charge on any atom is 0.360 e. The number of β-lactam (4-membered cyclic amide) rings is 1. The molecule has 0 saturated carbocycles. The van der Waals surface area contributed by atoms with E-state index in [2.05, 4.69) is 25.9 Å². The topological polar surface area (TPSA) is 137 Å². The molecule has 2 amide bonds. The molecule has 2 aromatic heterocycles. The first-order chi connectivity index (χ1) is 26.2. The third-order valence-corrected chi connectivity index (χ3v) is 11.3. The monoisotopic (exact) mass is 769 g/mol. The van der Waals surface area contributed by atoms with Crippen LogP contribution in [0.4, 0.5) is 13.9 Å². The molecule has 2 aliphatic heterocycles. The van der Waals surface area contributed by atoms with E-state index in [4.69, 9.17) is 0 Å². The first-order valence-corrected chi connectivity index (χ1v) is 18.8. The number of hydrogen-bond donors (Lipinski definition) is 4. The van der Waals surface area contributed by atoms with Crippen LogP contribution in [-0.4, -0.2) is 56.6 Å². The van der Waals surface area contributed by atoms with E-state index in [1.54, 1.807) is 5.38 Å². The summed E-state index contributed by atoms with van der Waals surface area (Å²) in [6.07, 6.45) is 3.69. The van der Waals surface area contributed by atoms with Crippen LogP contribution in [0, 0.1) is 6.92 Å². The average molecular weight is 770 g/mol. The summed E-state index contributed by atoms with van der Waals surface area (Å²) in [5.74, 6) is -2.44. The lowest BCUT2D eigenvalue weighted by Crippen LogP contribution is -2.71. The van der Waals surface area contributed by atoms with Gasteiger partial charge < -0.3 is 15.7 Å². The van der Waals surface area contributed by atoms with E-state index in [0.717, 1.165) is 22.3 Å². The fourth-order valence-electron chi connectivity index (χ4n) is 6.80. The molecule has 0 radical (unpaired) electrons. The number of pyridine rings is 1. The number of carboxylic acid groups (broad SMARTS) is 1. The Morgan fingerprint density at radius 3 is 2.15 bits per heavy atom. The molecule has 7 rings (SSSR count). The Labute approximate surface area is 317 Å². The maximum absolute atomic E-state index is 13.8. The summed E-state index contributed by atoms with van der Waals surface area (Å²) in [6, 6.07) is 30.4. The van der Waals surface area contributed by atoms with E-state index in [1.165, 1.54) is 28.0 Å². The van der Waals surface area contributed by atoms with Crippen LogP contribution in [0.2, 0.25) is 0 Å². The third-order valence-electron chi connectivity index (χ3n) is 9.20. The number of fused-ring (bicyclic) bond motifs is 1. The summed E-state index contributed by atoms with van der Waals surface area (Å²) in [6.45, 7) is -1.08. The summed E-state index contributed by atoms with van der Waals surface area (Å²) < 4.78 is 28.5. The molecule has 276 valence electrons. The highest BCUT2D eigenvalue weighted by molar-refractivity contribution is 8.00. The summed E-state index contributed by atoms with van der Waals surface area (Å²) in [5.41, 5.74) is 5.36. The molecule has 2 aliphatic rings. The molecule has 3 aromatic carbocycles. The molecular formula is C39H35F2N6O5S2+. The van der Waals surface area contributed by atoms with Crippen molar-refractivity contribution < 1.29 is 37.7 Å². The second-order valence-corrected chi connectivity index (χ2v) is 14.7. The molecule has 3 atom stereocenters. The van der Waals surface area contributed by atoms with E-state index in [-0.39, 0.29) is 17.9 Å². The second-order valence-electron chi connectivity index (χ2n) is 12.7. The van der Waals surface area contributed by atoms with Crippen molar-refractivity contribution >= 4 is 46.0 Å². The maximum atomic E-state index is 13.8. The number of thiazole rings is 1. The van der Waals surface area contributed by atoms with Crippen molar-refractivity contribution in [3.8, 4) is 0 Å². The van der Waals surface area contributed by atoms with Crippen LogP contribution in [0.25, 0.3) is 0 Å². The van der Waals surface area contributed by atoms with Gasteiger partial charge in [0.25, 0.3) is 5.91 Å². The van der Waals surface area contributed by atoms with Crippen LogP contribution in [0.1, 0.15) is 34.0 Å². The number of rotatable bonds is 14. The minimum atomic E-state index is -3.26. The fraction of sp³-hybridized carbons (Fsp3) is 0.205. The molecule has 0 spiro atoms. The molecule has 1 saturated heterocycles. The predicted octanol–water partition coefficient (Wildman–Crippen LogP) is 5.37. The zero-order valence-electron chi connectivity index (χ0n) is 28.8. The van der Waals surface area contributed by atoms with Crippen molar-refractivity contribution in [2.75, 3.05) is 11.1 Å². The number of thioether (sulfide) groups is 1. The van der Waals surface area contributed by atoms with Gasteiger partial charge in [-0.05, 0) is 29.7 Å². The first-order valence-electron chi connectivity index (χ1n) is 16.9. The van der Waals surface area contributed by atoms with Crippen LogP contribution in [-0.2, 0) is 31.3 Å². The molecule has 0 aliphatic carbocycles. The second kappa shape index (κ2) is 15.9. The number of nitrogens with one attached hydrogen (secondary N) is 3. The Bertz CT molecular complexity index is 2080. The lowest BCUT2D eigenvalue weighted by atomic mass is 9.77. The Balaban J connectivity index is 1.16. The molecule has 0 bridgehead atoms. The van der Waals surface area contributed by atoms with Gasteiger partial charge in [0.2, 0.25) is 5.91 Å². The number of carbonyl (C=O) groups is 3. The highest BCUT2D eigenvalue weighted by Crippen LogP contribution is 2.42. The van der Waals surface area contributed by atoms with E-state index in [1.807, 2.05) is 127 Å². The highest BCUT2D eigenvalue weighted by atomic mass is 32.2. The summed E-state index contributed by atoms with van der Waals surface area (Å²) in [4.78, 5) is 50.0. The summed E-state index contributed by atoms with van der Waals surface area (Å²) in [5, 5.41) is 17.6. The highest BCUT2D eigenvalue weighted by Gasteiger charge is 2.55. The largest absolute Gasteiger partial charge is 0.477 e. The smallest absolute Gasteiger partial charge is 0.360 e. The standard InChI is InChI=1S/C39H34F2N6O5S2/c1-24-12-11-19-46(20-24)21-25-22-53-35-31(34(49)47(35)32(25)36(50)51)43-33(48)30(45-52-37(40)41)29-23-54-38(42-29)44-39(26-13-5-2-6-14-26,27-15-7-3-8-16-27)28-17-9-4-10-18-28/h2-20,23,30-31,35,37,45H,21-22H2,1H3,(H2-,42,43,44,48,50,51)/p+1/t30?,31?,35-/m0/s1. The van der Waals surface area contributed by atoms with Gasteiger partial charge in [0.1, 0.15) is 22.7 Å². The van der Waals surface area contributed by atoms with Crippen LogP contribution >= 0.6 is 23.1 Å². The first kappa shape index (κ1) is 36.9. The lowest BCUT2D eigenvalue weighted by molar-refractivity contribution is -0.689. The Kier molecular flexibility index (Phi) is 10.8. The molecule has 1 fully saturated rings. The molecule has 4 heterocycles.